The van der Waals surface area contributed by atoms with Gasteiger partial charge in [-0.1, -0.05) is 27.7 Å². The number of rotatable bonds is 2. The molecule has 0 aliphatic carbocycles. The Kier molecular flexibility index (Phi) is 2.81. The van der Waals surface area contributed by atoms with Crippen LogP contribution in [0.4, 0.5) is 0 Å². The van der Waals surface area contributed by atoms with Crippen molar-refractivity contribution in [2.45, 2.75) is 39.5 Å². The third kappa shape index (κ3) is 1.75. The molecule has 84 valence electrons. The highest BCUT2D eigenvalue weighted by molar-refractivity contribution is 5.82. The summed E-state index contributed by atoms with van der Waals surface area (Å²) in [6, 6.07) is 0. The molecular formula is C12H16N4. The Hall–Kier alpha value is -1.58. The fraction of sp³-hybridized carbons (Fsp3) is 0.500. The Morgan fingerprint density at radius 1 is 0.938 bits per heavy atom. The molecule has 0 fully saturated rings. The zero-order chi connectivity index (χ0) is 11.7. The van der Waals surface area contributed by atoms with E-state index in [0.717, 1.165) is 22.3 Å². The summed E-state index contributed by atoms with van der Waals surface area (Å²) in [5, 5.41) is 9.61. The van der Waals surface area contributed by atoms with E-state index in [1.54, 1.807) is 6.33 Å². The first kappa shape index (κ1) is 10.9. The Balaban J connectivity index is 2.77. The van der Waals surface area contributed by atoms with Gasteiger partial charge in [0.05, 0.1) is 16.9 Å². The first-order chi connectivity index (χ1) is 7.61. The van der Waals surface area contributed by atoms with Gasteiger partial charge in [-0.2, -0.15) is 10.2 Å². The quantitative estimate of drug-likeness (QED) is 0.774. The molecule has 0 aliphatic heterocycles. The molecule has 4 nitrogen and oxygen atoms in total. The smallest absolute Gasteiger partial charge is 0.116 e. The molecule has 2 rings (SSSR count). The van der Waals surface area contributed by atoms with Crippen LogP contribution in [-0.4, -0.2) is 20.2 Å². The van der Waals surface area contributed by atoms with Gasteiger partial charge in [-0.15, -0.1) is 0 Å². The maximum absolute atomic E-state index is 4.33. The van der Waals surface area contributed by atoms with Gasteiger partial charge < -0.3 is 0 Å². The average Bonchev–Trinajstić information content (AvgIpc) is 2.27. The van der Waals surface area contributed by atoms with Crippen molar-refractivity contribution in [1.82, 2.24) is 20.2 Å². The van der Waals surface area contributed by atoms with Crippen molar-refractivity contribution in [2.75, 3.05) is 0 Å². The molecule has 0 atom stereocenters. The Labute approximate surface area is 95.1 Å². The van der Waals surface area contributed by atoms with Crippen LogP contribution in [0, 0.1) is 0 Å². The van der Waals surface area contributed by atoms with Crippen molar-refractivity contribution in [1.29, 1.82) is 0 Å². The van der Waals surface area contributed by atoms with E-state index in [0.29, 0.717) is 11.8 Å². The monoisotopic (exact) mass is 216 g/mol. The van der Waals surface area contributed by atoms with Gasteiger partial charge in [0.15, 0.2) is 0 Å². The van der Waals surface area contributed by atoms with E-state index in [1.807, 2.05) is 6.20 Å². The minimum absolute atomic E-state index is 0.325. The highest BCUT2D eigenvalue weighted by Gasteiger charge is 2.14. The van der Waals surface area contributed by atoms with Crippen molar-refractivity contribution in [2.24, 2.45) is 0 Å². The second kappa shape index (κ2) is 4.12. The third-order valence-electron chi connectivity index (χ3n) is 2.59. The molecule has 0 aromatic carbocycles. The summed E-state index contributed by atoms with van der Waals surface area (Å²) in [5.74, 6) is 0.660. The molecule has 0 unspecified atom stereocenters. The van der Waals surface area contributed by atoms with Gasteiger partial charge in [0.25, 0.3) is 0 Å². The lowest BCUT2D eigenvalue weighted by atomic mass is 10.0. The standard InChI is InChI=1S/C12H16N4/c1-7(2)10-9-5-13-6-14-12(9)11(8(3)4)16-15-10/h5-8H,1-4H3. The van der Waals surface area contributed by atoms with E-state index in [9.17, 15) is 0 Å². The van der Waals surface area contributed by atoms with E-state index < -0.39 is 0 Å². The summed E-state index contributed by atoms with van der Waals surface area (Å²) in [4.78, 5) is 8.41. The van der Waals surface area contributed by atoms with Gasteiger partial charge in [0, 0.05) is 11.6 Å². The number of hydrogen-bond donors (Lipinski definition) is 0. The van der Waals surface area contributed by atoms with Crippen LogP contribution in [-0.2, 0) is 0 Å². The zero-order valence-corrected chi connectivity index (χ0v) is 10.1. The number of aromatic nitrogens is 4. The fourth-order valence-corrected chi connectivity index (χ4v) is 1.75. The summed E-state index contributed by atoms with van der Waals surface area (Å²) in [6.45, 7) is 8.40. The zero-order valence-electron chi connectivity index (χ0n) is 10.1. The Morgan fingerprint density at radius 3 is 2.19 bits per heavy atom. The van der Waals surface area contributed by atoms with Crippen LogP contribution in [0.3, 0.4) is 0 Å². The minimum Gasteiger partial charge on any atom is -0.244 e. The molecule has 16 heavy (non-hydrogen) atoms. The molecule has 0 amide bonds. The van der Waals surface area contributed by atoms with E-state index in [-0.39, 0.29) is 0 Å². The van der Waals surface area contributed by atoms with Crippen LogP contribution >= 0.6 is 0 Å². The van der Waals surface area contributed by atoms with Crippen molar-refractivity contribution >= 4 is 10.9 Å². The SMILES string of the molecule is CC(C)c1nnc(C(C)C)c2ncncc12. The lowest BCUT2D eigenvalue weighted by Gasteiger charge is -2.11. The van der Waals surface area contributed by atoms with E-state index in [4.69, 9.17) is 0 Å². The molecule has 4 heteroatoms. The van der Waals surface area contributed by atoms with Crippen LogP contribution in [0.5, 0.6) is 0 Å². The number of nitrogens with zero attached hydrogens (tertiary/aromatic N) is 4. The summed E-state index contributed by atoms with van der Waals surface area (Å²) in [6.07, 6.45) is 3.40. The number of fused-ring (bicyclic) bond motifs is 1. The Bertz CT molecular complexity index is 459. The lowest BCUT2D eigenvalue weighted by Crippen LogP contribution is -2.04. The van der Waals surface area contributed by atoms with E-state index >= 15 is 0 Å². The minimum atomic E-state index is 0.325. The molecular weight excluding hydrogens is 200 g/mol. The summed E-state index contributed by atoms with van der Waals surface area (Å²) >= 11 is 0. The van der Waals surface area contributed by atoms with Crippen LogP contribution in [0.2, 0.25) is 0 Å². The van der Waals surface area contributed by atoms with Gasteiger partial charge in [-0.3, -0.25) is 0 Å². The molecule has 0 radical (unpaired) electrons. The summed E-state index contributed by atoms with van der Waals surface area (Å²) in [5.41, 5.74) is 2.85. The van der Waals surface area contributed by atoms with Crippen molar-refractivity contribution in [3.8, 4) is 0 Å². The second-order valence-electron chi connectivity index (χ2n) is 4.56. The highest BCUT2D eigenvalue weighted by atomic mass is 15.1. The van der Waals surface area contributed by atoms with Gasteiger partial charge >= 0.3 is 0 Å². The van der Waals surface area contributed by atoms with Gasteiger partial charge in [0.2, 0.25) is 0 Å². The van der Waals surface area contributed by atoms with Crippen molar-refractivity contribution in [3.05, 3.63) is 23.9 Å². The third-order valence-corrected chi connectivity index (χ3v) is 2.59. The second-order valence-corrected chi connectivity index (χ2v) is 4.56. The first-order valence-corrected chi connectivity index (χ1v) is 5.57. The molecule has 0 N–H and O–H groups in total. The summed E-state index contributed by atoms with van der Waals surface area (Å²) < 4.78 is 0. The van der Waals surface area contributed by atoms with Crippen molar-refractivity contribution in [3.63, 3.8) is 0 Å². The van der Waals surface area contributed by atoms with Crippen molar-refractivity contribution < 1.29 is 0 Å². The topological polar surface area (TPSA) is 51.6 Å². The molecule has 0 saturated carbocycles. The molecule has 2 aromatic rings. The van der Waals surface area contributed by atoms with Crippen LogP contribution in [0.25, 0.3) is 10.9 Å². The fourth-order valence-electron chi connectivity index (χ4n) is 1.75. The van der Waals surface area contributed by atoms with E-state index in [2.05, 4.69) is 47.9 Å². The van der Waals surface area contributed by atoms with Crippen LogP contribution in [0.1, 0.15) is 50.9 Å². The molecule has 0 saturated heterocycles. The average molecular weight is 216 g/mol. The number of hydrogen-bond acceptors (Lipinski definition) is 4. The van der Waals surface area contributed by atoms with Gasteiger partial charge in [-0.25, -0.2) is 9.97 Å². The van der Waals surface area contributed by atoms with Crippen LogP contribution in [0.15, 0.2) is 12.5 Å². The van der Waals surface area contributed by atoms with Gasteiger partial charge in [-0.05, 0) is 11.8 Å². The largest absolute Gasteiger partial charge is 0.244 e. The Morgan fingerprint density at radius 2 is 1.56 bits per heavy atom. The molecule has 0 spiro atoms. The predicted octanol–water partition coefficient (Wildman–Crippen LogP) is 2.67. The van der Waals surface area contributed by atoms with Gasteiger partial charge in [0.1, 0.15) is 6.33 Å². The summed E-state index contributed by atoms with van der Waals surface area (Å²) in [7, 11) is 0. The molecule has 2 aromatic heterocycles. The first-order valence-electron chi connectivity index (χ1n) is 5.57. The lowest BCUT2D eigenvalue weighted by molar-refractivity contribution is 0.746. The maximum atomic E-state index is 4.33. The van der Waals surface area contributed by atoms with E-state index in [1.165, 1.54) is 0 Å². The molecule has 0 aliphatic rings. The van der Waals surface area contributed by atoms with Crippen LogP contribution < -0.4 is 0 Å². The maximum Gasteiger partial charge on any atom is 0.116 e. The highest BCUT2D eigenvalue weighted by Crippen LogP contribution is 2.25. The molecule has 2 heterocycles. The molecule has 0 bridgehead atoms. The normalized spacial score (nSPS) is 11.6. The predicted molar refractivity (Wildman–Crippen MR) is 63.3 cm³/mol.